The summed E-state index contributed by atoms with van der Waals surface area (Å²) in [7, 11) is 0. The van der Waals surface area contributed by atoms with E-state index in [4.69, 9.17) is 9.47 Å². The Morgan fingerprint density at radius 3 is 2.29 bits per heavy atom. The molecule has 0 heterocycles. The molecule has 31 heavy (non-hydrogen) atoms. The monoisotopic (exact) mass is 429 g/mol. The van der Waals surface area contributed by atoms with Gasteiger partial charge in [0, 0.05) is 5.56 Å². The van der Waals surface area contributed by atoms with Gasteiger partial charge in [-0.15, -0.1) is 0 Å². The molecule has 0 aromatic heterocycles. The van der Waals surface area contributed by atoms with Crippen LogP contribution < -0.4 is 20.2 Å². The van der Waals surface area contributed by atoms with Gasteiger partial charge in [-0.2, -0.15) is 5.10 Å². The van der Waals surface area contributed by atoms with Crippen molar-refractivity contribution in [3.63, 3.8) is 0 Å². The Labute approximate surface area is 181 Å². The van der Waals surface area contributed by atoms with E-state index in [-0.39, 0.29) is 11.5 Å². The number of carbonyl (C=O) groups excluding carboxylic acids is 2. The topological polar surface area (TPSA) is 89.0 Å². The second-order valence-electron chi connectivity index (χ2n) is 7.01. The van der Waals surface area contributed by atoms with Crippen LogP contribution in [0.25, 0.3) is 0 Å². The molecule has 2 aromatic rings. The summed E-state index contributed by atoms with van der Waals surface area (Å²) in [5, 5.41) is 6.66. The average molecular weight is 429 g/mol. The molecule has 1 unspecified atom stereocenters. The van der Waals surface area contributed by atoms with Gasteiger partial charge in [0.15, 0.2) is 11.5 Å². The van der Waals surface area contributed by atoms with E-state index in [0.29, 0.717) is 30.3 Å². The molecule has 0 saturated heterocycles. The van der Waals surface area contributed by atoms with Gasteiger partial charge in [-0.25, -0.2) is 9.82 Å². The second-order valence-corrected chi connectivity index (χ2v) is 7.01. The first-order valence-electron chi connectivity index (χ1n) is 10.1. The number of halogens is 1. The van der Waals surface area contributed by atoms with Crippen molar-refractivity contribution < 1.29 is 23.5 Å². The molecule has 2 amide bonds. The summed E-state index contributed by atoms with van der Waals surface area (Å²) in [6.45, 7) is 8.38. The van der Waals surface area contributed by atoms with E-state index < -0.39 is 23.7 Å². The van der Waals surface area contributed by atoms with Crippen LogP contribution in [0.2, 0.25) is 0 Å². The fraction of sp³-hybridized carbons (Fsp3) is 0.348. The maximum Gasteiger partial charge on any atom is 0.262 e. The molecule has 8 heteroatoms. The number of nitrogens with one attached hydrogen (secondary N) is 2. The van der Waals surface area contributed by atoms with Gasteiger partial charge in [0.05, 0.1) is 19.4 Å². The largest absolute Gasteiger partial charge is 0.490 e. The molecular formula is C23H28FN3O4. The lowest BCUT2D eigenvalue weighted by Crippen LogP contribution is -2.48. The summed E-state index contributed by atoms with van der Waals surface area (Å²) in [5.74, 6) is -0.330. The van der Waals surface area contributed by atoms with Crippen molar-refractivity contribution in [1.82, 2.24) is 10.7 Å². The number of hydrazone groups is 1. The average Bonchev–Trinajstić information content (AvgIpc) is 2.74. The Hall–Kier alpha value is -3.42. The minimum atomic E-state index is -0.811. The molecule has 2 N–H and O–H groups in total. The zero-order chi connectivity index (χ0) is 22.8. The van der Waals surface area contributed by atoms with Gasteiger partial charge in [-0.1, -0.05) is 13.8 Å². The summed E-state index contributed by atoms with van der Waals surface area (Å²) in [6, 6.07) is 9.62. The van der Waals surface area contributed by atoms with Crippen LogP contribution in [0.4, 0.5) is 4.39 Å². The van der Waals surface area contributed by atoms with E-state index in [9.17, 15) is 14.0 Å². The minimum absolute atomic E-state index is 0.186. The third-order valence-electron chi connectivity index (χ3n) is 4.30. The van der Waals surface area contributed by atoms with E-state index >= 15 is 0 Å². The fourth-order valence-electron chi connectivity index (χ4n) is 2.75. The molecule has 7 nitrogen and oxygen atoms in total. The number of nitrogens with zero attached hydrogens (tertiary/aromatic N) is 1. The number of ether oxygens (including phenoxy) is 2. The van der Waals surface area contributed by atoms with Gasteiger partial charge < -0.3 is 14.8 Å². The Morgan fingerprint density at radius 2 is 1.68 bits per heavy atom. The maximum absolute atomic E-state index is 13.1. The third-order valence-corrected chi connectivity index (χ3v) is 4.30. The van der Waals surface area contributed by atoms with Crippen molar-refractivity contribution in [1.29, 1.82) is 0 Å². The van der Waals surface area contributed by atoms with Crippen LogP contribution in [0.15, 0.2) is 47.6 Å². The van der Waals surface area contributed by atoms with Crippen LogP contribution >= 0.6 is 0 Å². The fourth-order valence-corrected chi connectivity index (χ4v) is 2.75. The van der Waals surface area contributed by atoms with E-state index in [1.54, 1.807) is 32.0 Å². The SMILES string of the molecule is CCOc1ccc(C=NNC(=O)C(NC(=O)c2ccc(F)cc2)C(C)C)cc1OCC. The molecule has 0 radical (unpaired) electrons. The number of carbonyl (C=O) groups is 2. The Kier molecular flexibility index (Phi) is 8.99. The van der Waals surface area contributed by atoms with Gasteiger partial charge in [-0.3, -0.25) is 9.59 Å². The highest BCUT2D eigenvalue weighted by Crippen LogP contribution is 2.27. The highest BCUT2D eigenvalue weighted by atomic mass is 19.1. The van der Waals surface area contributed by atoms with E-state index in [2.05, 4.69) is 15.8 Å². The molecule has 0 fully saturated rings. The first-order valence-corrected chi connectivity index (χ1v) is 10.1. The van der Waals surface area contributed by atoms with Gasteiger partial charge >= 0.3 is 0 Å². The van der Waals surface area contributed by atoms with Gasteiger partial charge in [0.25, 0.3) is 11.8 Å². The quantitative estimate of drug-likeness (QED) is 0.447. The highest BCUT2D eigenvalue weighted by molar-refractivity contribution is 5.97. The normalized spacial score (nSPS) is 11.9. The molecular weight excluding hydrogens is 401 g/mol. The highest BCUT2D eigenvalue weighted by Gasteiger charge is 2.24. The zero-order valence-electron chi connectivity index (χ0n) is 18.1. The molecule has 1 atom stereocenters. The molecule has 0 aliphatic rings. The summed E-state index contributed by atoms with van der Waals surface area (Å²) in [5.41, 5.74) is 3.43. The third kappa shape index (κ3) is 7.09. The molecule has 0 spiro atoms. The molecule has 0 aliphatic carbocycles. The predicted molar refractivity (Wildman–Crippen MR) is 117 cm³/mol. The van der Waals surface area contributed by atoms with Crippen LogP contribution in [0.3, 0.4) is 0 Å². The molecule has 0 bridgehead atoms. The zero-order valence-corrected chi connectivity index (χ0v) is 18.1. The summed E-state index contributed by atoms with van der Waals surface area (Å²) >= 11 is 0. The van der Waals surface area contributed by atoms with Crippen LogP contribution in [-0.4, -0.2) is 37.3 Å². The molecule has 166 valence electrons. The van der Waals surface area contributed by atoms with E-state index in [0.717, 1.165) is 0 Å². The Balaban J connectivity index is 2.04. The number of rotatable bonds is 10. The van der Waals surface area contributed by atoms with E-state index in [1.165, 1.54) is 30.5 Å². The standard InChI is InChI=1S/C23H28FN3O4/c1-5-30-19-12-7-16(13-20(19)31-6-2)14-25-27-23(29)21(15(3)4)26-22(28)17-8-10-18(24)11-9-17/h7-15,21H,5-6H2,1-4H3,(H,26,28)(H,27,29). The van der Waals surface area contributed by atoms with Crippen LogP contribution in [0, 0.1) is 11.7 Å². The van der Waals surface area contributed by atoms with Crippen LogP contribution in [0.5, 0.6) is 11.5 Å². The Bertz CT molecular complexity index is 914. The molecule has 0 saturated carbocycles. The van der Waals surface area contributed by atoms with Crippen molar-refractivity contribution in [2.24, 2.45) is 11.0 Å². The van der Waals surface area contributed by atoms with Gasteiger partial charge in [0.1, 0.15) is 11.9 Å². The van der Waals surface area contributed by atoms with E-state index in [1.807, 2.05) is 13.8 Å². The van der Waals surface area contributed by atoms with Crippen molar-refractivity contribution in [3.05, 3.63) is 59.4 Å². The number of hydrogen-bond donors (Lipinski definition) is 2. The smallest absolute Gasteiger partial charge is 0.262 e. The van der Waals surface area contributed by atoms with Crippen molar-refractivity contribution in [2.45, 2.75) is 33.7 Å². The lowest BCUT2D eigenvalue weighted by atomic mass is 10.0. The number of hydrogen-bond acceptors (Lipinski definition) is 5. The van der Waals surface area contributed by atoms with Gasteiger partial charge in [0.2, 0.25) is 0 Å². The number of amides is 2. The first kappa shape index (κ1) is 23.9. The van der Waals surface area contributed by atoms with Crippen molar-refractivity contribution in [2.75, 3.05) is 13.2 Å². The van der Waals surface area contributed by atoms with Gasteiger partial charge in [-0.05, 0) is 67.8 Å². The minimum Gasteiger partial charge on any atom is -0.490 e. The molecule has 2 aromatic carbocycles. The first-order chi connectivity index (χ1) is 14.8. The van der Waals surface area contributed by atoms with Crippen molar-refractivity contribution in [3.8, 4) is 11.5 Å². The van der Waals surface area contributed by atoms with Crippen LogP contribution in [-0.2, 0) is 4.79 Å². The lowest BCUT2D eigenvalue weighted by Gasteiger charge is -2.20. The summed E-state index contributed by atoms with van der Waals surface area (Å²) in [4.78, 5) is 24.9. The summed E-state index contributed by atoms with van der Waals surface area (Å²) < 4.78 is 24.2. The van der Waals surface area contributed by atoms with Crippen molar-refractivity contribution >= 4 is 18.0 Å². The Morgan fingerprint density at radius 1 is 1.03 bits per heavy atom. The maximum atomic E-state index is 13.1. The molecule has 2 rings (SSSR count). The summed E-state index contributed by atoms with van der Waals surface area (Å²) in [6.07, 6.45) is 1.48. The second kappa shape index (κ2) is 11.7. The molecule has 0 aliphatic heterocycles. The number of benzene rings is 2. The lowest BCUT2D eigenvalue weighted by molar-refractivity contribution is -0.123. The predicted octanol–water partition coefficient (Wildman–Crippen LogP) is 3.53. The van der Waals surface area contributed by atoms with Crippen LogP contribution in [0.1, 0.15) is 43.6 Å².